The van der Waals surface area contributed by atoms with Crippen molar-refractivity contribution in [3.63, 3.8) is 0 Å². The third kappa shape index (κ3) is 3.77. The van der Waals surface area contributed by atoms with E-state index < -0.39 is 22.2 Å². The number of likely N-dealkylation sites (N-methyl/N-ethyl adjacent to an activating group) is 2. The first kappa shape index (κ1) is 22.1. The van der Waals surface area contributed by atoms with Crippen LogP contribution in [0.4, 0.5) is 0 Å². The van der Waals surface area contributed by atoms with Gasteiger partial charge in [-0.2, -0.15) is 0 Å². The van der Waals surface area contributed by atoms with Gasteiger partial charge < -0.3 is 9.80 Å². The molecule has 0 bridgehead atoms. The fraction of sp³-hybridized carbons (Fsp3) is 0.545. The number of benzene rings is 1. The van der Waals surface area contributed by atoms with E-state index in [-0.39, 0.29) is 34.6 Å². The van der Waals surface area contributed by atoms with Crippen LogP contribution in [0.3, 0.4) is 0 Å². The summed E-state index contributed by atoms with van der Waals surface area (Å²) in [4.78, 5) is 55.6. The minimum Gasteiger partial charge on any atom is -0.302 e. The van der Waals surface area contributed by atoms with Gasteiger partial charge >= 0.3 is 0 Å². The first-order chi connectivity index (χ1) is 14.4. The van der Waals surface area contributed by atoms with Crippen LogP contribution in [0.25, 0.3) is 21.5 Å². The Labute approximate surface area is 174 Å². The Bertz CT molecular complexity index is 1070. The van der Waals surface area contributed by atoms with Crippen molar-refractivity contribution < 1.29 is 0 Å². The molecule has 162 valence electrons. The minimum absolute atomic E-state index is 0.213. The highest BCUT2D eigenvalue weighted by Gasteiger charge is 2.19. The molecule has 0 saturated heterocycles. The van der Waals surface area contributed by atoms with E-state index in [4.69, 9.17) is 0 Å². The number of hydrogen-bond acceptors (Lipinski definition) is 6. The quantitative estimate of drug-likeness (QED) is 0.483. The molecular weight excluding hydrogens is 384 g/mol. The molecule has 8 heteroatoms. The predicted octanol–water partition coefficient (Wildman–Crippen LogP) is 0.596. The lowest BCUT2D eigenvalue weighted by Crippen LogP contribution is -2.34. The average molecular weight is 415 g/mol. The van der Waals surface area contributed by atoms with Gasteiger partial charge in [0.1, 0.15) is 0 Å². The third-order valence-electron chi connectivity index (χ3n) is 6.13. The zero-order valence-electron chi connectivity index (χ0n) is 18.2. The van der Waals surface area contributed by atoms with Gasteiger partial charge in [0.2, 0.25) is 0 Å². The lowest BCUT2D eigenvalue weighted by molar-refractivity contribution is 0.288. The van der Waals surface area contributed by atoms with Crippen LogP contribution in [0, 0.1) is 0 Å². The summed E-state index contributed by atoms with van der Waals surface area (Å²) in [5.41, 5.74) is -1.59. The second kappa shape index (κ2) is 9.06. The van der Waals surface area contributed by atoms with Crippen LogP contribution >= 0.6 is 0 Å². The molecule has 0 aliphatic heterocycles. The molecule has 0 saturated carbocycles. The van der Waals surface area contributed by atoms with Crippen LogP contribution in [0.5, 0.6) is 0 Å². The van der Waals surface area contributed by atoms with Crippen LogP contribution in [-0.2, 0) is 13.1 Å². The zero-order valence-corrected chi connectivity index (χ0v) is 18.2. The molecule has 0 spiro atoms. The summed E-state index contributed by atoms with van der Waals surface area (Å²) < 4.78 is 2.43. The largest absolute Gasteiger partial charge is 0.302 e. The normalized spacial score (nSPS) is 12.2. The third-order valence-corrected chi connectivity index (χ3v) is 6.13. The van der Waals surface area contributed by atoms with Crippen molar-refractivity contribution in [2.24, 2.45) is 0 Å². The number of aromatic nitrogens is 2. The molecule has 0 fully saturated rings. The maximum absolute atomic E-state index is 12.8. The molecular formula is C22H30N4O4. The molecule has 0 aliphatic carbocycles. The summed E-state index contributed by atoms with van der Waals surface area (Å²) in [6.45, 7) is 13.2. The standard InChI is InChI=1S/C22H30N4O4/c1-5-23(6-2)9-11-25-19(27)15-13-17-18(14-16(15)20(25)28)22(30)26(21(17)29)12-10-24(7-3)8-4/h13-14H,5-12H2,1-4H3. The summed E-state index contributed by atoms with van der Waals surface area (Å²) in [7, 11) is 0. The molecule has 0 unspecified atom stereocenters. The second-order valence-electron chi connectivity index (χ2n) is 7.52. The summed E-state index contributed by atoms with van der Waals surface area (Å²) in [5, 5.41) is 0.852. The fourth-order valence-electron chi connectivity index (χ4n) is 4.04. The molecule has 3 aromatic rings. The van der Waals surface area contributed by atoms with E-state index in [9.17, 15) is 19.2 Å². The molecule has 30 heavy (non-hydrogen) atoms. The van der Waals surface area contributed by atoms with Crippen molar-refractivity contribution in [2.75, 3.05) is 39.3 Å². The van der Waals surface area contributed by atoms with Gasteiger partial charge in [0, 0.05) is 26.2 Å². The number of rotatable bonds is 10. The predicted molar refractivity (Wildman–Crippen MR) is 120 cm³/mol. The summed E-state index contributed by atoms with van der Waals surface area (Å²) >= 11 is 0. The van der Waals surface area contributed by atoms with E-state index in [1.54, 1.807) is 0 Å². The van der Waals surface area contributed by atoms with Crippen molar-refractivity contribution in [2.45, 2.75) is 40.8 Å². The Hall–Kier alpha value is -2.58. The van der Waals surface area contributed by atoms with Crippen molar-refractivity contribution in [1.82, 2.24) is 18.9 Å². The number of nitrogens with zero attached hydrogens (tertiary/aromatic N) is 4. The first-order valence-electron chi connectivity index (χ1n) is 10.7. The van der Waals surface area contributed by atoms with Gasteiger partial charge in [-0.1, -0.05) is 27.7 Å². The second-order valence-corrected chi connectivity index (χ2v) is 7.52. The van der Waals surface area contributed by atoms with Gasteiger partial charge in [-0.05, 0) is 38.3 Å². The summed E-state index contributed by atoms with van der Waals surface area (Å²) in [5.74, 6) is 0. The molecule has 0 atom stereocenters. The SMILES string of the molecule is CCN(CC)CCn1c(=O)c2cc3c(=O)n(CCN(CC)CC)c(=O)c3cc2c1=O. The van der Waals surface area contributed by atoms with Crippen LogP contribution < -0.4 is 22.2 Å². The van der Waals surface area contributed by atoms with E-state index >= 15 is 0 Å². The molecule has 0 radical (unpaired) electrons. The van der Waals surface area contributed by atoms with Gasteiger partial charge in [-0.3, -0.25) is 28.3 Å². The molecule has 0 aliphatic rings. The summed E-state index contributed by atoms with van der Waals surface area (Å²) in [6, 6.07) is 2.86. The first-order valence-corrected chi connectivity index (χ1v) is 10.7. The van der Waals surface area contributed by atoms with Crippen molar-refractivity contribution >= 4 is 21.5 Å². The maximum atomic E-state index is 12.8. The number of fused-ring (bicyclic) bond motifs is 2. The topological polar surface area (TPSA) is 84.6 Å². The minimum atomic E-state index is -0.396. The molecule has 0 N–H and O–H groups in total. The zero-order chi connectivity index (χ0) is 22.0. The highest BCUT2D eigenvalue weighted by Crippen LogP contribution is 2.14. The van der Waals surface area contributed by atoms with Crippen LogP contribution in [0.1, 0.15) is 27.7 Å². The molecule has 2 aromatic heterocycles. The Balaban J connectivity index is 2.06. The maximum Gasteiger partial charge on any atom is 0.261 e. The lowest BCUT2D eigenvalue weighted by atomic mass is 10.1. The highest BCUT2D eigenvalue weighted by atomic mass is 16.2. The Morgan fingerprint density at radius 2 is 0.833 bits per heavy atom. The van der Waals surface area contributed by atoms with E-state index in [1.165, 1.54) is 21.3 Å². The van der Waals surface area contributed by atoms with Crippen molar-refractivity contribution in [3.8, 4) is 0 Å². The van der Waals surface area contributed by atoms with E-state index in [0.717, 1.165) is 26.2 Å². The smallest absolute Gasteiger partial charge is 0.261 e. The highest BCUT2D eigenvalue weighted by molar-refractivity contribution is 5.97. The fourth-order valence-corrected chi connectivity index (χ4v) is 4.04. The summed E-state index contributed by atoms with van der Waals surface area (Å²) in [6.07, 6.45) is 0. The number of hydrogen-bond donors (Lipinski definition) is 0. The molecule has 8 nitrogen and oxygen atoms in total. The van der Waals surface area contributed by atoms with Gasteiger partial charge in [-0.15, -0.1) is 0 Å². The van der Waals surface area contributed by atoms with Crippen molar-refractivity contribution in [3.05, 3.63) is 53.5 Å². The van der Waals surface area contributed by atoms with Gasteiger partial charge in [-0.25, -0.2) is 0 Å². The Morgan fingerprint density at radius 3 is 1.07 bits per heavy atom. The van der Waals surface area contributed by atoms with Gasteiger partial charge in [0.15, 0.2) is 0 Å². The van der Waals surface area contributed by atoms with Crippen LogP contribution in [-0.4, -0.2) is 58.2 Å². The van der Waals surface area contributed by atoms with E-state index in [2.05, 4.69) is 9.80 Å². The lowest BCUT2D eigenvalue weighted by Gasteiger charge is -2.17. The molecule has 2 heterocycles. The Kier molecular flexibility index (Phi) is 6.67. The van der Waals surface area contributed by atoms with E-state index in [0.29, 0.717) is 13.1 Å². The van der Waals surface area contributed by atoms with Gasteiger partial charge in [0.25, 0.3) is 22.2 Å². The van der Waals surface area contributed by atoms with E-state index in [1.807, 2.05) is 27.7 Å². The van der Waals surface area contributed by atoms with Crippen molar-refractivity contribution in [1.29, 1.82) is 0 Å². The monoisotopic (exact) mass is 414 g/mol. The van der Waals surface area contributed by atoms with Gasteiger partial charge in [0.05, 0.1) is 21.5 Å². The van der Waals surface area contributed by atoms with Crippen LogP contribution in [0.2, 0.25) is 0 Å². The average Bonchev–Trinajstić information content (AvgIpc) is 3.13. The van der Waals surface area contributed by atoms with Crippen LogP contribution in [0.15, 0.2) is 31.3 Å². The Morgan fingerprint density at radius 1 is 0.567 bits per heavy atom. The molecule has 3 rings (SSSR count). The molecule has 1 aromatic carbocycles. The molecule has 0 amide bonds.